The van der Waals surface area contributed by atoms with E-state index in [0.717, 1.165) is 36.0 Å². The zero-order valence-corrected chi connectivity index (χ0v) is 14.5. The number of carbonyl (C=O) groups excluding carboxylic acids is 1. The fraction of sp³-hybridized carbons (Fsp3) is 0.611. The Balaban J connectivity index is 1.97. The van der Waals surface area contributed by atoms with E-state index in [-0.39, 0.29) is 24.5 Å². The number of hydrogen-bond acceptors (Lipinski definition) is 5. The lowest BCUT2D eigenvalue weighted by atomic mass is 10.0. The number of nitrogens with zero attached hydrogens (tertiary/aromatic N) is 2. The molecule has 1 atom stereocenters. The Morgan fingerprint density at radius 2 is 2.17 bits per heavy atom. The van der Waals surface area contributed by atoms with Gasteiger partial charge in [0.2, 0.25) is 0 Å². The number of aliphatic hydroxyl groups is 1. The summed E-state index contributed by atoms with van der Waals surface area (Å²) in [5.74, 6) is 0.457. The lowest BCUT2D eigenvalue weighted by Crippen LogP contribution is -2.33. The van der Waals surface area contributed by atoms with Gasteiger partial charge in [-0.1, -0.05) is 19.0 Å². The van der Waals surface area contributed by atoms with Crippen LogP contribution in [0.1, 0.15) is 80.0 Å². The third kappa shape index (κ3) is 3.43. The number of hydrogen-bond donors (Lipinski definition) is 2. The van der Waals surface area contributed by atoms with Crippen molar-refractivity contribution >= 4 is 17.0 Å². The van der Waals surface area contributed by atoms with E-state index in [4.69, 9.17) is 9.63 Å². The number of aromatic nitrogens is 2. The maximum atomic E-state index is 12.8. The first kappa shape index (κ1) is 16.9. The summed E-state index contributed by atoms with van der Waals surface area (Å²) in [7, 11) is 0. The van der Waals surface area contributed by atoms with Crippen LogP contribution >= 0.6 is 0 Å². The summed E-state index contributed by atoms with van der Waals surface area (Å²) in [5, 5.41) is 16.8. The summed E-state index contributed by atoms with van der Waals surface area (Å²) < 4.78 is 5.42. The summed E-state index contributed by atoms with van der Waals surface area (Å²) in [6.07, 6.45) is 3.63. The molecular weight excluding hydrogens is 306 g/mol. The van der Waals surface area contributed by atoms with Gasteiger partial charge in [-0.25, -0.2) is 4.98 Å². The highest BCUT2D eigenvalue weighted by Crippen LogP contribution is 2.41. The van der Waals surface area contributed by atoms with Crippen LogP contribution in [0.25, 0.3) is 11.1 Å². The maximum absolute atomic E-state index is 12.8. The molecule has 0 aliphatic heterocycles. The first-order valence-corrected chi connectivity index (χ1v) is 8.73. The average molecular weight is 331 g/mol. The average Bonchev–Trinajstić information content (AvgIpc) is 3.30. The number of rotatable bonds is 7. The highest BCUT2D eigenvalue weighted by Gasteiger charge is 2.29. The van der Waals surface area contributed by atoms with Crippen molar-refractivity contribution in [2.45, 2.75) is 64.3 Å². The van der Waals surface area contributed by atoms with Crippen molar-refractivity contribution in [2.24, 2.45) is 0 Å². The third-order valence-corrected chi connectivity index (χ3v) is 4.45. The van der Waals surface area contributed by atoms with E-state index in [2.05, 4.69) is 15.5 Å². The number of nitrogens with one attached hydrogen (secondary N) is 1. The standard InChI is InChI=1S/C18H25N3O3/c1-10(2)16-15-13(17(23)19-11(3)5-4-8-22)9-14(12-6-7-12)20-18(15)24-21-16/h9-12,22H,4-8H2,1-3H3,(H,19,23). The van der Waals surface area contributed by atoms with Crippen LogP contribution in [0.4, 0.5) is 0 Å². The van der Waals surface area contributed by atoms with E-state index in [1.165, 1.54) is 0 Å². The first-order valence-electron chi connectivity index (χ1n) is 8.73. The third-order valence-electron chi connectivity index (χ3n) is 4.45. The van der Waals surface area contributed by atoms with E-state index in [9.17, 15) is 4.79 Å². The topological polar surface area (TPSA) is 88.2 Å². The monoisotopic (exact) mass is 331 g/mol. The quantitative estimate of drug-likeness (QED) is 0.814. The van der Waals surface area contributed by atoms with Crippen molar-refractivity contribution in [3.8, 4) is 0 Å². The van der Waals surface area contributed by atoms with Gasteiger partial charge in [0.1, 0.15) is 0 Å². The van der Waals surface area contributed by atoms with E-state index in [1.54, 1.807) is 0 Å². The highest BCUT2D eigenvalue weighted by molar-refractivity contribution is 6.06. The van der Waals surface area contributed by atoms with Crippen LogP contribution in [-0.2, 0) is 0 Å². The van der Waals surface area contributed by atoms with Gasteiger partial charge in [0.25, 0.3) is 11.6 Å². The Labute approximate surface area is 141 Å². The van der Waals surface area contributed by atoms with Crippen molar-refractivity contribution < 1.29 is 14.4 Å². The molecule has 3 rings (SSSR count). The Morgan fingerprint density at radius 1 is 1.42 bits per heavy atom. The van der Waals surface area contributed by atoms with Gasteiger partial charge in [0.05, 0.1) is 16.6 Å². The van der Waals surface area contributed by atoms with Crippen LogP contribution in [0.15, 0.2) is 10.6 Å². The number of aliphatic hydroxyl groups excluding tert-OH is 1. The Morgan fingerprint density at radius 3 is 2.79 bits per heavy atom. The summed E-state index contributed by atoms with van der Waals surface area (Å²) in [6, 6.07) is 1.90. The van der Waals surface area contributed by atoms with Gasteiger partial charge < -0.3 is 14.9 Å². The van der Waals surface area contributed by atoms with Gasteiger partial charge >= 0.3 is 0 Å². The largest absolute Gasteiger partial charge is 0.396 e. The molecule has 0 saturated heterocycles. The lowest BCUT2D eigenvalue weighted by Gasteiger charge is -2.14. The molecule has 130 valence electrons. The van der Waals surface area contributed by atoms with Gasteiger partial charge in [-0.2, -0.15) is 0 Å². The molecule has 2 aromatic rings. The molecule has 0 spiro atoms. The lowest BCUT2D eigenvalue weighted by molar-refractivity contribution is 0.0938. The van der Waals surface area contributed by atoms with Crippen LogP contribution < -0.4 is 5.32 Å². The molecule has 1 amide bonds. The molecule has 2 heterocycles. The van der Waals surface area contributed by atoms with Crippen molar-refractivity contribution in [2.75, 3.05) is 6.61 Å². The van der Waals surface area contributed by atoms with Gasteiger partial charge in [-0.15, -0.1) is 0 Å². The van der Waals surface area contributed by atoms with Crippen LogP contribution in [0.2, 0.25) is 0 Å². The van der Waals surface area contributed by atoms with Gasteiger partial charge in [0.15, 0.2) is 0 Å². The molecule has 1 saturated carbocycles. The molecule has 6 heteroatoms. The van der Waals surface area contributed by atoms with E-state index >= 15 is 0 Å². The zero-order chi connectivity index (χ0) is 17.3. The van der Waals surface area contributed by atoms with E-state index in [0.29, 0.717) is 23.6 Å². The van der Waals surface area contributed by atoms with Crippen molar-refractivity contribution in [1.82, 2.24) is 15.5 Å². The minimum absolute atomic E-state index is 0.000370. The van der Waals surface area contributed by atoms with Crippen LogP contribution in [0.5, 0.6) is 0 Å². The molecule has 2 aromatic heterocycles. The number of pyridine rings is 1. The van der Waals surface area contributed by atoms with Gasteiger partial charge in [-0.3, -0.25) is 4.79 Å². The molecule has 0 radical (unpaired) electrons. The summed E-state index contributed by atoms with van der Waals surface area (Å²) in [6.45, 7) is 6.13. The van der Waals surface area contributed by atoms with E-state index in [1.807, 2.05) is 26.8 Å². The minimum Gasteiger partial charge on any atom is -0.396 e. The zero-order valence-electron chi connectivity index (χ0n) is 14.5. The molecular formula is C18H25N3O3. The van der Waals surface area contributed by atoms with Crippen LogP contribution in [0.3, 0.4) is 0 Å². The maximum Gasteiger partial charge on any atom is 0.259 e. The van der Waals surface area contributed by atoms with Crippen molar-refractivity contribution in [3.63, 3.8) is 0 Å². The van der Waals surface area contributed by atoms with Gasteiger partial charge in [-0.05, 0) is 44.6 Å². The van der Waals surface area contributed by atoms with Crippen LogP contribution in [-0.4, -0.2) is 33.8 Å². The van der Waals surface area contributed by atoms with Crippen LogP contribution in [0, 0.1) is 0 Å². The minimum atomic E-state index is -0.125. The number of fused-ring (bicyclic) bond motifs is 1. The molecule has 6 nitrogen and oxygen atoms in total. The molecule has 1 unspecified atom stereocenters. The summed E-state index contributed by atoms with van der Waals surface area (Å²) in [5.41, 5.74) is 2.74. The molecule has 2 N–H and O–H groups in total. The molecule has 0 bridgehead atoms. The normalized spacial score (nSPS) is 15.9. The first-order chi connectivity index (χ1) is 11.5. The number of carbonyl (C=O) groups is 1. The summed E-state index contributed by atoms with van der Waals surface area (Å²) >= 11 is 0. The fourth-order valence-corrected chi connectivity index (χ4v) is 2.92. The van der Waals surface area contributed by atoms with Crippen molar-refractivity contribution in [1.29, 1.82) is 0 Å². The second-order valence-electron chi connectivity index (χ2n) is 7.01. The second kappa shape index (κ2) is 6.89. The van der Waals surface area contributed by atoms with Crippen molar-refractivity contribution in [3.05, 3.63) is 23.0 Å². The molecule has 1 fully saturated rings. The highest BCUT2D eigenvalue weighted by atomic mass is 16.5. The number of amides is 1. The van der Waals surface area contributed by atoms with Gasteiger partial charge in [0, 0.05) is 24.3 Å². The predicted molar refractivity (Wildman–Crippen MR) is 91.1 cm³/mol. The predicted octanol–water partition coefficient (Wildman–Crippen LogP) is 3.11. The van der Waals surface area contributed by atoms with E-state index < -0.39 is 0 Å². The SMILES string of the molecule is CC(CCCO)NC(=O)c1cc(C2CC2)nc2onc(C(C)C)c12. The Bertz CT molecular complexity index is 734. The molecule has 24 heavy (non-hydrogen) atoms. The Kier molecular flexibility index (Phi) is 4.85. The fourth-order valence-electron chi connectivity index (χ4n) is 2.92. The molecule has 0 aromatic carbocycles. The molecule has 1 aliphatic rings. The second-order valence-corrected chi connectivity index (χ2v) is 7.01. The molecule has 1 aliphatic carbocycles. The Hall–Kier alpha value is -1.95. The smallest absolute Gasteiger partial charge is 0.259 e. The summed E-state index contributed by atoms with van der Waals surface area (Å²) in [4.78, 5) is 17.4.